The molecule has 0 heterocycles. The van der Waals surface area contributed by atoms with Crippen molar-refractivity contribution in [2.24, 2.45) is 5.92 Å². The van der Waals surface area contributed by atoms with Gasteiger partial charge in [0.2, 0.25) is 0 Å². The Morgan fingerprint density at radius 3 is 2.82 bits per heavy atom. The van der Waals surface area contributed by atoms with Crippen molar-refractivity contribution in [1.82, 2.24) is 4.90 Å². The Morgan fingerprint density at radius 2 is 2.24 bits per heavy atom. The molecule has 0 aromatic heterocycles. The van der Waals surface area contributed by atoms with Crippen LogP contribution in [0.15, 0.2) is 24.3 Å². The zero-order chi connectivity index (χ0) is 12.4. The van der Waals surface area contributed by atoms with E-state index in [1.165, 1.54) is 18.2 Å². The number of aliphatic hydroxyl groups excluding tert-OH is 1. The number of hydrogen-bond acceptors (Lipinski definition) is 2. The molecule has 1 aliphatic rings. The molecule has 0 spiro atoms. The fourth-order valence-electron chi connectivity index (χ4n) is 2.16. The molecule has 1 amide bonds. The van der Waals surface area contributed by atoms with Crippen LogP contribution in [-0.2, 0) is 0 Å². The first-order valence-corrected chi connectivity index (χ1v) is 5.75. The van der Waals surface area contributed by atoms with Crippen LogP contribution in [0.3, 0.4) is 0 Å². The Kier molecular flexibility index (Phi) is 3.43. The minimum Gasteiger partial charge on any atom is -0.393 e. The largest absolute Gasteiger partial charge is 0.393 e. The van der Waals surface area contributed by atoms with Gasteiger partial charge in [-0.15, -0.1) is 0 Å². The second kappa shape index (κ2) is 4.84. The van der Waals surface area contributed by atoms with Crippen LogP contribution in [0.2, 0.25) is 0 Å². The summed E-state index contributed by atoms with van der Waals surface area (Å²) in [7, 11) is 1.71. The average Bonchev–Trinajstić information content (AvgIpc) is 2.26. The van der Waals surface area contributed by atoms with Crippen molar-refractivity contribution in [3.05, 3.63) is 35.6 Å². The molecule has 1 fully saturated rings. The third kappa shape index (κ3) is 2.82. The molecule has 1 aromatic rings. The highest BCUT2D eigenvalue weighted by Gasteiger charge is 2.29. The highest BCUT2D eigenvalue weighted by Crippen LogP contribution is 2.27. The van der Waals surface area contributed by atoms with Gasteiger partial charge in [-0.2, -0.15) is 0 Å². The fraction of sp³-hybridized carbons (Fsp3) is 0.462. The van der Waals surface area contributed by atoms with Crippen LogP contribution in [0, 0.1) is 11.7 Å². The predicted molar refractivity (Wildman–Crippen MR) is 62.1 cm³/mol. The van der Waals surface area contributed by atoms with E-state index in [0.717, 1.165) is 12.8 Å². The van der Waals surface area contributed by atoms with Gasteiger partial charge in [-0.25, -0.2) is 4.39 Å². The first kappa shape index (κ1) is 12.0. The molecular formula is C13H16FNO2. The van der Waals surface area contributed by atoms with Crippen LogP contribution in [0.5, 0.6) is 0 Å². The molecule has 2 rings (SSSR count). The highest BCUT2D eigenvalue weighted by atomic mass is 19.1. The van der Waals surface area contributed by atoms with Gasteiger partial charge in [0.05, 0.1) is 6.10 Å². The van der Waals surface area contributed by atoms with Crippen molar-refractivity contribution in [2.45, 2.75) is 18.9 Å². The monoisotopic (exact) mass is 237 g/mol. The normalized spacial score (nSPS) is 23.0. The lowest BCUT2D eigenvalue weighted by atomic mass is 9.82. The van der Waals surface area contributed by atoms with Gasteiger partial charge in [0.1, 0.15) is 5.82 Å². The maximum Gasteiger partial charge on any atom is 0.253 e. The van der Waals surface area contributed by atoms with Crippen molar-refractivity contribution in [3.63, 3.8) is 0 Å². The molecule has 0 unspecified atom stereocenters. The van der Waals surface area contributed by atoms with Crippen LogP contribution in [0.25, 0.3) is 0 Å². The summed E-state index contributed by atoms with van der Waals surface area (Å²) in [6.45, 7) is 0.617. The van der Waals surface area contributed by atoms with Crippen molar-refractivity contribution >= 4 is 5.91 Å². The van der Waals surface area contributed by atoms with Crippen LogP contribution in [-0.4, -0.2) is 35.6 Å². The first-order valence-electron chi connectivity index (χ1n) is 5.75. The molecular weight excluding hydrogens is 221 g/mol. The summed E-state index contributed by atoms with van der Waals surface area (Å²) >= 11 is 0. The maximum atomic E-state index is 13.0. The van der Waals surface area contributed by atoms with E-state index < -0.39 is 5.82 Å². The number of carbonyl (C=O) groups is 1. The van der Waals surface area contributed by atoms with E-state index in [9.17, 15) is 14.3 Å². The van der Waals surface area contributed by atoms with Crippen molar-refractivity contribution in [2.75, 3.05) is 13.6 Å². The van der Waals surface area contributed by atoms with E-state index in [4.69, 9.17) is 0 Å². The second-order valence-electron chi connectivity index (χ2n) is 4.69. The molecule has 1 N–H and O–H groups in total. The van der Waals surface area contributed by atoms with E-state index in [2.05, 4.69) is 0 Å². The number of hydrogen-bond donors (Lipinski definition) is 1. The maximum absolute atomic E-state index is 13.0. The molecule has 0 saturated heterocycles. The summed E-state index contributed by atoms with van der Waals surface area (Å²) in [4.78, 5) is 13.5. The molecule has 3 nitrogen and oxygen atoms in total. The summed E-state index contributed by atoms with van der Waals surface area (Å²) in [5, 5.41) is 9.17. The van der Waals surface area contributed by atoms with E-state index in [1.54, 1.807) is 18.0 Å². The Bertz CT molecular complexity index is 416. The molecule has 1 aromatic carbocycles. The lowest BCUT2D eigenvalue weighted by Gasteiger charge is -2.34. The van der Waals surface area contributed by atoms with Crippen LogP contribution >= 0.6 is 0 Å². The van der Waals surface area contributed by atoms with E-state index in [0.29, 0.717) is 18.0 Å². The predicted octanol–water partition coefficient (Wildman–Crippen LogP) is 1.67. The number of halogens is 1. The molecule has 1 saturated carbocycles. The Morgan fingerprint density at radius 1 is 1.53 bits per heavy atom. The van der Waals surface area contributed by atoms with Gasteiger partial charge in [-0.3, -0.25) is 4.79 Å². The number of benzene rings is 1. The fourth-order valence-corrected chi connectivity index (χ4v) is 2.16. The Hall–Kier alpha value is -1.42. The van der Waals surface area contributed by atoms with Gasteiger partial charge in [0.25, 0.3) is 5.91 Å². The summed E-state index contributed by atoms with van der Waals surface area (Å²) in [5.41, 5.74) is 0.368. The summed E-state index contributed by atoms with van der Waals surface area (Å²) < 4.78 is 13.0. The van der Waals surface area contributed by atoms with Crippen LogP contribution < -0.4 is 0 Å². The molecule has 4 heteroatoms. The summed E-state index contributed by atoms with van der Waals surface area (Å²) in [5.74, 6) is -0.207. The second-order valence-corrected chi connectivity index (χ2v) is 4.69. The van der Waals surface area contributed by atoms with Gasteiger partial charge < -0.3 is 10.0 Å². The molecule has 17 heavy (non-hydrogen) atoms. The SMILES string of the molecule is CN(CC1CC(O)C1)C(=O)c1cccc(F)c1. The number of amides is 1. The van der Waals surface area contributed by atoms with Crippen molar-refractivity contribution in [1.29, 1.82) is 0 Å². The van der Waals surface area contributed by atoms with Gasteiger partial charge >= 0.3 is 0 Å². The Labute approximate surface area is 99.9 Å². The van der Waals surface area contributed by atoms with E-state index in [-0.39, 0.29) is 12.0 Å². The summed E-state index contributed by atoms with van der Waals surface area (Å²) in [6, 6.07) is 5.70. The zero-order valence-corrected chi connectivity index (χ0v) is 9.77. The van der Waals surface area contributed by atoms with E-state index in [1.807, 2.05) is 0 Å². The molecule has 92 valence electrons. The van der Waals surface area contributed by atoms with Crippen LogP contribution in [0.1, 0.15) is 23.2 Å². The van der Waals surface area contributed by atoms with Crippen molar-refractivity contribution < 1.29 is 14.3 Å². The number of aliphatic hydroxyl groups is 1. The number of rotatable bonds is 3. The third-order valence-corrected chi connectivity index (χ3v) is 3.16. The smallest absolute Gasteiger partial charge is 0.253 e. The minimum absolute atomic E-state index is 0.175. The summed E-state index contributed by atoms with van der Waals surface area (Å²) in [6.07, 6.45) is 1.29. The molecule has 1 aliphatic carbocycles. The highest BCUT2D eigenvalue weighted by molar-refractivity contribution is 5.94. The quantitative estimate of drug-likeness (QED) is 0.868. The average molecular weight is 237 g/mol. The lowest BCUT2D eigenvalue weighted by Crippen LogP contribution is -2.39. The number of carbonyl (C=O) groups excluding carboxylic acids is 1. The standard InChI is InChI=1S/C13H16FNO2/c1-15(8-9-5-12(16)6-9)13(17)10-3-2-4-11(14)7-10/h2-4,7,9,12,16H,5-6,8H2,1H3. The molecule has 0 aliphatic heterocycles. The number of nitrogens with zero attached hydrogens (tertiary/aromatic N) is 1. The first-order chi connectivity index (χ1) is 8.06. The molecule has 0 bridgehead atoms. The van der Waals surface area contributed by atoms with Gasteiger partial charge in [0.15, 0.2) is 0 Å². The third-order valence-electron chi connectivity index (χ3n) is 3.16. The van der Waals surface area contributed by atoms with Crippen LogP contribution in [0.4, 0.5) is 4.39 Å². The minimum atomic E-state index is -0.400. The van der Waals surface area contributed by atoms with E-state index >= 15 is 0 Å². The zero-order valence-electron chi connectivity index (χ0n) is 9.77. The Balaban J connectivity index is 1.95. The van der Waals surface area contributed by atoms with Gasteiger partial charge in [-0.05, 0) is 37.0 Å². The van der Waals surface area contributed by atoms with Gasteiger partial charge in [0, 0.05) is 19.2 Å². The topological polar surface area (TPSA) is 40.5 Å². The van der Waals surface area contributed by atoms with Gasteiger partial charge in [-0.1, -0.05) is 6.07 Å². The lowest BCUT2D eigenvalue weighted by molar-refractivity contribution is 0.0265. The molecule has 0 atom stereocenters. The van der Waals surface area contributed by atoms with Crippen molar-refractivity contribution in [3.8, 4) is 0 Å². The molecule has 0 radical (unpaired) electrons.